The van der Waals surface area contributed by atoms with E-state index in [1.807, 2.05) is 19.1 Å². The van der Waals surface area contributed by atoms with Crippen molar-refractivity contribution in [1.82, 2.24) is 0 Å². The monoisotopic (exact) mass is 352 g/mol. The summed E-state index contributed by atoms with van der Waals surface area (Å²) in [7, 11) is 0. The van der Waals surface area contributed by atoms with Crippen molar-refractivity contribution in [2.75, 3.05) is 0 Å². The maximum absolute atomic E-state index is 12.9. The Morgan fingerprint density at radius 1 is 1.38 bits per heavy atom. The van der Waals surface area contributed by atoms with E-state index in [0.717, 1.165) is 19.3 Å². The van der Waals surface area contributed by atoms with Gasteiger partial charge in [-0.15, -0.1) is 11.8 Å². The first-order chi connectivity index (χ1) is 11.4. The Balaban J connectivity index is 1.57. The minimum absolute atomic E-state index is 0.126. The van der Waals surface area contributed by atoms with Gasteiger partial charge >= 0.3 is 17.9 Å². The van der Waals surface area contributed by atoms with Gasteiger partial charge in [0.2, 0.25) is 0 Å². The van der Waals surface area contributed by atoms with Crippen LogP contribution in [0, 0.1) is 11.8 Å². The molecule has 0 N–H and O–H groups in total. The molecular weight excluding hydrogens is 332 g/mol. The lowest BCUT2D eigenvalue weighted by molar-refractivity contribution is -0.166. The molecular formula is C17H20O6S. The number of thioether (sulfide) groups is 1. The Morgan fingerprint density at radius 2 is 2.17 bits per heavy atom. The van der Waals surface area contributed by atoms with Crippen molar-refractivity contribution >= 4 is 29.7 Å². The van der Waals surface area contributed by atoms with Gasteiger partial charge in [-0.1, -0.05) is 6.08 Å². The average molecular weight is 352 g/mol. The van der Waals surface area contributed by atoms with E-state index in [4.69, 9.17) is 14.2 Å². The van der Waals surface area contributed by atoms with Crippen LogP contribution in [0.5, 0.6) is 0 Å². The molecule has 0 aromatic heterocycles. The molecule has 2 bridgehead atoms. The molecule has 3 heterocycles. The van der Waals surface area contributed by atoms with Crippen molar-refractivity contribution < 1.29 is 28.6 Å². The Labute approximate surface area is 144 Å². The topological polar surface area (TPSA) is 78.9 Å². The van der Waals surface area contributed by atoms with Crippen LogP contribution < -0.4 is 0 Å². The minimum Gasteiger partial charge on any atom is -0.457 e. The summed E-state index contributed by atoms with van der Waals surface area (Å²) in [6, 6.07) is 0. The molecule has 7 atom stereocenters. The van der Waals surface area contributed by atoms with Crippen LogP contribution in [0.2, 0.25) is 0 Å². The van der Waals surface area contributed by atoms with Crippen LogP contribution in [-0.2, 0) is 28.6 Å². The van der Waals surface area contributed by atoms with E-state index < -0.39 is 35.6 Å². The van der Waals surface area contributed by atoms with Crippen molar-refractivity contribution in [3.8, 4) is 0 Å². The van der Waals surface area contributed by atoms with Crippen LogP contribution in [0.1, 0.15) is 33.1 Å². The fourth-order valence-corrected chi connectivity index (χ4v) is 6.29. The zero-order valence-corrected chi connectivity index (χ0v) is 14.4. The second-order valence-corrected chi connectivity index (χ2v) is 8.48. The number of hydrogen-bond donors (Lipinski definition) is 0. The summed E-state index contributed by atoms with van der Waals surface area (Å²) in [6.07, 6.45) is 5.68. The highest BCUT2D eigenvalue weighted by Crippen LogP contribution is 2.59. The fourth-order valence-electron chi connectivity index (χ4n) is 4.30. The molecule has 130 valence electrons. The number of rotatable bonds is 3. The van der Waals surface area contributed by atoms with Crippen LogP contribution in [0.3, 0.4) is 0 Å². The van der Waals surface area contributed by atoms with Crippen LogP contribution >= 0.6 is 11.8 Å². The maximum Gasteiger partial charge on any atom is 0.312 e. The first-order valence-corrected chi connectivity index (χ1v) is 9.28. The molecule has 3 fully saturated rings. The molecule has 4 rings (SSSR count). The predicted octanol–water partition coefficient (Wildman–Crippen LogP) is 1.62. The smallest absolute Gasteiger partial charge is 0.312 e. The third kappa shape index (κ3) is 2.36. The lowest BCUT2D eigenvalue weighted by atomic mass is 9.78. The summed E-state index contributed by atoms with van der Waals surface area (Å²) in [5.41, 5.74) is -0.624. The van der Waals surface area contributed by atoms with Gasteiger partial charge in [-0.2, -0.15) is 0 Å². The lowest BCUT2D eigenvalue weighted by Gasteiger charge is -2.33. The molecule has 24 heavy (non-hydrogen) atoms. The van der Waals surface area contributed by atoms with Crippen molar-refractivity contribution in [3.63, 3.8) is 0 Å². The second kappa shape index (κ2) is 5.51. The Kier molecular flexibility index (Phi) is 3.67. The minimum atomic E-state index is -0.624. The molecule has 0 saturated carbocycles. The summed E-state index contributed by atoms with van der Waals surface area (Å²) < 4.78 is 16.5. The number of carbonyl (C=O) groups is 3. The largest absolute Gasteiger partial charge is 0.457 e. The molecule has 0 aromatic rings. The van der Waals surface area contributed by atoms with E-state index in [1.165, 1.54) is 18.7 Å². The highest BCUT2D eigenvalue weighted by Gasteiger charge is 2.71. The fraction of sp³-hybridized carbons (Fsp3) is 0.706. The second-order valence-electron chi connectivity index (χ2n) is 7.12. The first kappa shape index (κ1) is 16.0. The Hall–Kier alpha value is -1.50. The van der Waals surface area contributed by atoms with Gasteiger partial charge in [-0.05, 0) is 32.3 Å². The summed E-state index contributed by atoms with van der Waals surface area (Å²) >= 11 is 1.52. The first-order valence-electron chi connectivity index (χ1n) is 8.33. The van der Waals surface area contributed by atoms with Gasteiger partial charge in [-0.3, -0.25) is 14.4 Å². The van der Waals surface area contributed by atoms with E-state index in [1.54, 1.807) is 0 Å². The molecule has 4 aliphatic rings. The molecule has 1 aliphatic carbocycles. The number of hydrogen-bond acceptors (Lipinski definition) is 7. The van der Waals surface area contributed by atoms with Crippen LogP contribution in [0.25, 0.3) is 0 Å². The zero-order chi connectivity index (χ0) is 17.1. The SMILES string of the molecule is CC(=O)OC1C2OC(=O)C3C2SC1C3C(=O)OC1(C)C=CCCC1. The van der Waals surface area contributed by atoms with E-state index in [2.05, 4.69) is 0 Å². The van der Waals surface area contributed by atoms with Gasteiger partial charge in [0.15, 0.2) is 12.2 Å². The van der Waals surface area contributed by atoms with E-state index in [9.17, 15) is 14.4 Å². The van der Waals surface area contributed by atoms with Crippen molar-refractivity contribution in [2.24, 2.45) is 11.8 Å². The number of fused-ring (bicyclic) bond motifs is 1. The third-order valence-electron chi connectivity index (χ3n) is 5.33. The van der Waals surface area contributed by atoms with Gasteiger partial charge in [0.05, 0.1) is 22.3 Å². The number of ether oxygens (including phenoxy) is 3. The Morgan fingerprint density at radius 3 is 2.83 bits per heavy atom. The molecule has 3 saturated heterocycles. The standard InChI is InChI=1S/C17H20O6S/c1-8(18)21-11-12-13-9(15(19)22-12)10(14(11)24-13)16(20)23-17(2)6-4-3-5-7-17/h4,6,9-14H,3,5,7H2,1-2H3. The summed E-state index contributed by atoms with van der Waals surface area (Å²) in [4.78, 5) is 36.4. The van der Waals surface area contributed by atoms with Gasteiger partial charge < -0.3 is 14.2 Å². The summed E-state index contributed by atoms with van der Waals surface area (Å²) in [6.45, 7) is 3.21. The van der Waals surface area contributed by atoms with Crippen LogP contribution in [0.15, 0.2) is 12.2 Å². The molecule has 0 radical (unpaired) electrons. The molecule has 3 aliphatic heterocycles. The van der Waals surface area contributed by atoms with Crippen LogP contribution in [0.4, 0.5) is 0 Å². The summed E-state index contributed by atoms with van der Waals surface area (Å²) in [5, 5.41) is -0.400. The lowest BCUT2D eigenvalue weighted by Crippen LogP contribution is -2.49. The molecule has 0 amide bonds. The molecule has 0 spiro atoms. The predicted molar refractivity (Wildman–Crippen MR) is 85.1 cm³/mol. The summed E-state index contributed by atoms with van der Waals surface area (Å²) in [5.74, 6) is -2.28. The number of allylic oxidation sites excluding steroid dienone is 1. The van der Waals surface area contributed by atoms with Crippen molar-refractivity contribution in [1.29, 1.82) is 0 Å². The highest BCUT2D eigenvalue weighted by atomic mass is 32.2. The number of esters is 3. The molecule has 0 aromatic carbocycles. The quantitative estimate of drug-likeness (QED) is 0.434. The van der Waals surface area contributed by atoms with Gasteiger partial charge in [0.1, 0.15) is 5.60 Å². The normalized spacial score (nSPS) is 45.2. The van der Waals surface area contributed by atoms with Gasteiger partial charge in [0, 0.05) is 6.92 Å². The Bertz CT molecular complexity index is 631. The van der Waals surface area contributed by atoms with Crippen molar-refractivity contribution in [3.05, 3.63) is 12.2 Å². The molecule has 7 heteroatoms. The van der Waals surface area contributed by atoms with Gasteiger partial charge in [0.25, 0.3) is 0 Å². The van der Waals surface area contributed by atoms with Crippen LogP contribution in [-0.4, -0.2) is 46.2 Å². The van der Waals surface area contributed by atoms with E-state index >= 15 is 0 Å². The third-order valence-corrected chi connectivity index (χ3v) is 7.08. The molecule has 7 unspecified atom stereocenters. The van der Waals surface area contributed by atoms with E-state index in [0.29, 0.717) is 0 Å². The van der Waals surface area contributed by atoms with Gasteiger partial charge in [-0.25, -0.2) is 0 Å². The number of carbonyl (C=O) groups excluding carboxylic acids is 3. The molecule has 6 nitrogen and oxygen atoms in total. The average Bonchev–Trinajstić information content (AvgIpc) is 3.10. The highest BCUT2D eigenvalue weighted by molar-refractivity contribution is 8.01. The maximum atomic E-state index is 12.9. The van der Waals surface area contributed by atoms with Crippen molar-refractivity contribution in [2.45, 2.75) is 61.4 Å². The van der Waals surface area contributed by atoms with E-state index in [-0.39, 0.29) is 22.4 Å². The zero-order valence-electron chi connectivity index (χ0n) is 13.6.